The van der Waals surface area contributed by atoms with E-state index in [1.54, 1.807) is 0 Å². The van der Waals surface area contributed by atoms with Crippen LogP contribution < -0.4 is 10.2 Å². The van der Waals surface area contributed by atoms with Gasteiger partial charge >= 0.3 is 13.1 Å². The molecule has 1 fully saturated rings. The van der Waals surface area contributed by atoms with Gasteiger partial charge in [0.25, 0.3) is 0 Å². The fourth-order valence-electron chi connectivity index (χ4n) is 3.99. The summed E-state index contributed by atoms with van der Waals surface area (Å²) in [7, 11) is -0.371. The van der Waals surface area contributed by atoms with Gasteiger partial charge in [0.05, 0.1) is 30.8 Å². The molecule has 0 radical (unpaired) electrons. The van der Waals surface area contributed by atoms with Gasteiger partial charge < -0.3 is 18.8 Å². The topological polar surface area (TPSA) is 54.0 Å². The van der Waals surface area contributed by atoms with Gasteiger partial charge in [0.15, 0.2) is 0 Å². The lowest BCUT2D eigenvalue weighted by atomic mass is 9.74. The van der Waals surface area contributed by atoms with E-state index in [9.17, 15) is 4.79 Å². The van der Waals surface area contributed by atoms with Crippen LogP contribution in [0.15, 0.2) is 24.3 Å². The van der Waals surface area contributed by atoms with Crippen LogP contribution in [0.3, 0.4) is 0 Å². The summed E-state index contributed by atoms with van der Waals surface area (Å²) in [4.78, 5) is 11.9. The fourth-order valence-corrected chi connectivity index (χ4v) is 3.99. The molecular formula is C24H39BO5. The average molecular weight is 418 g/mol. The highest BCUT2D eigenvalue weighted by molar-refractivity contribution is 6.62. The molecule has 1 heterocycles. The molecule has 1 saturated heterocycles. The minimum atomic E-state index is -0.371. The summed E-state index contributed by atoms with van der Waals surface area (Å²) >= 11 is 0. The Labute approximate surface area is 183 Å². The number of carbonyl (C=O) groups is 1. The van der Waals surface area contributed by atoms with Crippen molar-refractivity contribution in [3.8, 4) is 5.75 Å². The maximum absolute atomic E-state index is 11.9. The molecule has 0 N–H and O–H groups in total. The van der Waals surface area contributed by atoms with E-state index >= 15 is 0 Å². The van der Waals surface area contributed by atoms with E-state index in [1.807, 2.05) is 31.2 Å². The van der Waals surface area contributed by atoms with Gasteiger partial charge in [-0.15, -0.1) is 0 Å². The number of rotatable bonds is 9. The van der Waals surface area contributed by atoms with E-state index in [0.717, 1.165) is 17.6 Å². The van der Waals surface area contributed by atoms with Crippen LogP contribution in [0.2, 0.25) is 0 Å². The SMILES string of the molecule is CCOC(=O)CC(C)(C)CC(C)(C)COc1ccc(B2OC(C)(C)C(C)(C)O2)cc1. The Morgan fingerprint density at radius 2 is 1.50 bits per heavy atom. The summed E-state index contributed by atoms with van der Waals surface area (Å²) in [6.45, 7) is 19.6. The minimum Gasteiger partial charge on any atom is -0.493 e. The molecule has 5 nitrogen and oxygen atoms in total. The summed E-state index contributed by atoms with van der Waals surface area (Å²) in [5.41, 5.74) is 0.0384. The second-order valence-electron chi connectivity index (χ2n) is 10.9. The van der Waals surface area contributed by atoms with E-state index in [0.29, 0.717) is 19.6 Å². The number of benzene rings is 1. The maximum Gasteiger partial charge on any atom is 0.494 e. The zero-order chi connectivity index (χ0) is 22.8. The van der Waals surface area contributed by atoms with E-state index in [1.165, 1.54) is 0 Å². The van der Waals surface area contributed by atoms with Gasteiger partial charge in [-0.2, -0.15) is 0 Å². The highest BCUT2D eigenvalue weighted by atomic mass is 16.7. The quantitative estimate of drug-likeness (QED) is 0.428. The first-order chi connectivity index (χ1) is 13.7. The van der Waals surface area contributed by atoms with Crippen molar-refractivity contribution >= 4 is 18.6 Å². The molecule has 6 heteroatoms. The van der Waals surface area contributed by atoms with Crippen molar-refractivity contribution in [1.29, 1.82) is 0 Å². The predicted molar refractivity (Wildman–Crippen MR) is 121 cm³/mol. The van der Waals surface area contributed by atoms with Crippen molar-refractivity contribution in [2.75, 3.05) is 13.2 Å². The molecular weight excluding hydrogens is 379 g/mol. The molecule has 30 heavy (non-hydrogen) atoms. The third-order valence-corrected chi connectivity index (χ3v) is 5.92. The Hall–Kier alpha value is -1.53. The molecule has 2 rings (SSSR count). The predicted octanol–water partition coefficient (Wildman–Crippen LogP) is 4.76. The van der Waals surface area contributed by atoms with Crippen molar-refractivity contribution in [2.45, 2.75) is 86.4 Å². The third-order valence-electron chi connectivity index (χ3n) is 5.92. The summed E-state index contributed by atoms with van der Waals surface area (Å²) < 4.78 is 23.4. The Morgan fingerprint density at radius 1 is 0.967 bits per heavy atom. The van der Waals surface area contributed by atoms with Crippen LogP contribution in [0, 0.1) is 10.8 Å². The largest absolute Gasteiger partial charge is 0.494 e. The Morgan fingerprint density at radius 3 is 2.00 bits per heavy atom. The van der Waals surface area contributed by atoms with Gasteiger partial charge in [-0.1, -0.05) is 39.8 Å². The number of esters is 1. The molecule has 0 amide bonds. The first-order valence-corrected chi connectivity index (χ1v) is 10.9. The molecule has 0 atom stereocenters. The van der Waals surface area contributed by atoms with Crippen LogP contribution in [0.4, 0.5) is 0 Å². The third kappa shape index (κ3) is 6.48. The summed E-state index contributed by atoms with van der Waals surface area (Å²) in [6, 6.07) is 7.91. The Bertz CT molecular complexity index is 706. The number of ether oxygens (including phenoxy) is 2. The molecule has 0 spiro atoms. The smallest absolute Gasteiger partial charge is 0.493 e. The van der Waals surface area contributed by atoms with Crippen molar-refractivity contribution in [2.24, 2.45) is 10.8 Å². The van der Waals surface area contributed by atoms with E-state index < -0.39 is 0 Å². The summed E-state index contributed by atoms with van der Waals surface area (Å²) in [6.07, 6.45) is 1.26. The van der Waals surface area contributed by atoms with E-state index in [4.69, 9.17) is 18.8 Å². The molecule has 0 unspecified atom stereocenters. The number of hydrogen-bond donors (Lipinski definition) is 0. The fraction of sp³-hybridized carbons (Fsp3) is 0.708. The van der Waals surface area contributed by atoms with Gasteiger partial charge in [0.1, 0.15) is 5.75 Å². The van der Waals surface area contributed by atoms with Gasteiger partial charge in [-0.05, 0) is 69.5 Å². The molecule has 0 saturated carbocycles. The monoisotopic (exact) mass is 418 g/mol. The molecule has 1 aliphatic rings. The lowest BCUT2D eigenvalue weighted by molar-refractivity contribution is -0.145. The van der Waals surface area contributed by atoms with Crippen LogP contribution in [0.1, 0.15) is 75.2 Å². The zero-order valence-corrected chi connectivity index (χ0v) is 20.3. The first-order valence-electron chi connectivity index (χ1n) is 10.9. The van der Waals surface area contributed by atoms with Crippen LogP contribution in [-0.4, -0.2) is 37.5 Å². The van der Waals surface area contributed by atoms with Gasteiger partial charge in [-0.25, -0.2) is 0 Å². The molecule has 1 aromatic rings. The molecule has 0 bridgehead atoms. The van der Waals surface area contributed by atoms with Crippen molar-refractivity contribution in [3.63, 3.8) is 0 Å². The Kier molecular flexibility index (Phi) is 7.35. The van der Waals surface area contributed by atoms with Crippen LogP contribution >= 0.6 is 0 Å². The van der Waals surface area contributed by atoms with Gasteiger partial charge in [-0.3, -0.25) is 4.79 Å². The summed E-state index contributed by atoms with van der Waals surface area (Å²) in [5.74, 6) is 0.670. The normalized spacial score (nSPS) is 18.4. The molecule has 1 aliphatic heterocycles. The van der Waals surface area contributed by atoms with Gasteiger partial charge in [0.2, 0.25) is 0 Å². The number of hydrogen-bond acceptors (Lipinski definition) is 5. The lowest BCUT2D eigenvalue weighted by Crippen LogP contribution is -2.41. The van der Waals surface area contributed by atoms with Crippen LogP contribution in [-0.2, 0) is 18.8 Å². The number of carbonyl (C=O) groups excluding carboxylic acids is 1. The highest BCUT2D eigenvalue weighted by Gasteiger charge is 2.51. The van der Waals surface area contributed by atoms with Crippen molar-refractivity contribution < 1.29 is 23.6 Å². The van der Waals surface area contributed by atoms with Crippen LogP contribution in [0.25, 0.3) is 0 Å². The minimum absolute atomic E-state index is 0.0829. The van der Waals surface area contributed by atoms with Crippen molar-refractivity contribution in [1.82, 2.24) is 0 Å². The van der Waals surface area contributed by atoms with E-state index in [2.05, 4.69) is 55.4 Å². The Balaban J connectivity index is 1.92. The standard InChI is InChI=1S/C24H39BO5/c1-10-27-20(26)15-21(2,3)16-22(4,5)17-28-19-13-11-18(12-14-19)25-29-23(6,7)24(8,9)30-25/h11-14H,10,15-17H2,1-9H3. The molecule has 168 valence electrons. The highest BCUT2D eigenvalue weighted by Crippen LogP contribution is 2.38. The van der Waals surface area contributed by atoms with E-state index in [-0.39, 0.29) is 35.1 Å². The van der Waals surface area contributed by atoms with Gasteiger partial charge in [0, 0.05) is 0 Å². The maximum atomic E-state index is 11.9. The second kappa shape index (κ2) is 8.92. The molecule has 0 aromatic heterocycles. The van der Waals surface area contributed by atoms with Crippen molar-refractivity contribution in [3.05, 3.63) is 24.3 Å². The molecule has 0 aliphatic carbocycles. The average Bonchev–Trinajstić information content (AvgIpc) is 2.80. The molecule has 1 aromatic carbocycles. The zero-order valence-electron chi connectivity index (χ0n) is 20.3. The van der Waals surface area contributed by atoms with Crippen LogP contribution in [0.5, 0.6) is 5.75 Å². The lowest BCUT2D eigenvalue weighted by Gasteiger charge is -2.34. The first kappa shape index (κ1) is 24.7. The summed E-state index contributed by atoms with van der Waals surface area (Å²) in [5, 5.41) is 0. The second-order valence-corrected chi connectivity index (χ2v) is 10.9.